The molecule has 0 fully saturated rings. The molecule has 0 radical (unpaired) electrons. The van der Waals surface area contributed by atoms with E-state index in [1.807, 2.05) is 0 Å². The van der Waals surface area contributed by atoms with Crippen molar-refractivity contribution >= 4 is 24.2 Å². The number of thiol groups is 1. The highest BCUT2D eigenvalue weighted by atomic mass is 32.1. The fourth-order valence-electron chi connectivity index (χ4n) is 1.63. The summed E-state index contributed by atoms with van der Waals surface area (Å²) >= 11 is 4.16. The van der Waals surface area contributed by atoms with E-state index in [0.29, 0.717) is 10.5 Å². The number of anilines is 1. The average Bonchev–Trinajstić information content (AvgIpc) is 2.36. The number of aryl methyl sites for hydroxylation is 1. The van der Waals surface area contributed by atoms with Crippen LogP contribution in [0.3, 0.4) is 0 Å². The van der Waals surface area contributed by atoms with Crippen molar-refractivity contribution in [3.05, 3.63) is 59.2 Å². The average molecular weight is 279 g/mol. The van der Waals surface area contributed by atoms with Crippen LogP contribution in [-0.4, -0.2) is 5.91 Å². The highest BCUT2D eigenvalue weighted by Gasteiger charge is 2.11. The van der Waals surface area contributed by atoms with Gasteiger partial charge in [0.05, 0.1) is 0 Å². The molecular formula is C14H11F2NOS. The Labute approximate surface area is 114 Å². The van der Waals surface area contributed by atoms with Crippen LogP contribution in [0.25, 0.3) is 0 Å². The third kappa shape index (κ3) is 3.12. The second-order valence-electron chi connectivity index (χ2n) is 4.08. The summed E-state index contributed by atoms with van der Waals surface area (Å²) in [5.41, 5.74) is 1.42. The van der Waals surface area contributed by atoms with Gasteiger partial charge in [-0.2, -0.15) is 0 Å². The number of halogens is 2. The zero-order valence-electron chi connectivity index (χ0n) is 10.1. The van der Waals surface area contributed by atoms with E-state index in [0.717, 1.165) is 17.7 Å². The van der Waals surface area contributed by atoms with Crippen LogP contribution in [0.2, 0.25) is 0 Å². The molecule has 2 aromatic rings. The maximum Gasteiger partial charge on any atom is 0.255 e. The first-order valence-electron chi connectivity index (χ1n) is 5.53. The Morgan fingerprint density at radius 3 is 2.53 bits per heavy atom. The van der Waals surface area contributed by atoms with Gasteiger partial charge in [-0.1, -0.05) is 6.07 Å². The van der Waals surface area contributed by atoms with Crippen molar-refractivity contribution in [1.82, 2.24) is 0 Å². The van der Waals surface area contributed by atoms with E-state index in [1.165, 1.54) is 6.07 Å². The third-order valence-electron chi connectivity index (χ3n) is 2.64. The van der Waals surface area contributed by atoms with Crippen LogP contribution < -0.4 is 5.32 Å². The lowest BCUT2D eigenvalue weighted by Gasteiger charge is -2.08. The molecule has 0 bridgehead atoms. The molecular weight excluding hydrogens is 268 g/mol. The molecule has 0 unspecified atom stereocenters. The van der Waals surface area contributed by atoms with E-state index in [4.69, 9.17) is 0 Å². The fraction of sp³-hybridized carbons (Fsp3) is 0.0714. The van der Waals surface area contributed by atoms with E-state index in [2.05, 4.69) is 17.9 Å². The third-order valence-corrected chi connectivity index (χ3v) is 2.92. The summed E-state index contributed by atoms with van der Waals surface area (Å²) in [6.07, 6.45) is 0. The number of rotatable bonds is 2. The Morgan fingerprint density at radius 2 is 1.84 bits per heavy atom. The number of benzene rings is 2. The molecule has 2 aromatic carbocycles. The molecule has 19 heavy (non-hydrogen) atoms. The molecule has 0 heterocycles. The first-order chi connectivity index (χ1) is 8.97. The number of nitrogens with one attached hydrogen (secondary N) is 1. The van der Waals surface area contributed by atoms with Crippen molar-refractivity contribution in [3.63, 3.8) is 0 Å². The maximum atomic E-state index is 13.0. The number of carbonyl (C=O) groups excluding carboxylic acids is 1. The van der Waals surface area contributed by atoms with Crippen molar-refractivity contribution in [3.8, 4) is 0 Å². The summed E-state index contributed by atoms with van der Waals surface area (Å²) in [5, 5.41) is 2.51. The van der Waals surface area contributed by atoms with Gasteiger partial charge in [-0.15, -0.1) is 12.6 Å². The second-order valence-corrected chi connectivity index (χ2v) is 4.60. The predicted molar refractivity (Wildman–Crippen MR) is 72.7 cm³/mol. The van der Waals surface area contributed by atoms with Crippen molar-refractivity contribution in [2.45, 2.75) is 11.8 Å². The molecule has 0 aliphatic heterocycles. The molecule has 0 saturated heterocycles. The van der Waals surface area contributed by atoms with Gasteiger partial charge in [-0.05, 0) is 36.8 Å². The quantitative estimate of drug-likeness (QED) is 0.804. The summed E-state index contributed by atoms with van der Waals surface area (Å²) in [4.78, 5) is 12.7. The topological polar surface area (TPSA) is 29.1 Å². The highest BCUT2D eigenvalue weighted by Crippen LogP contribution is 2.18. The normalized spacial score (nSPS) is 10.3. The number of hydrogen-bond donors (Lipinski definition) is 2. The van der Waals surface area contributed by atoms with Crippen LogP contribution in [-0.2, 0) is 0 Å². The minimum Gasteiger partial charge on any atom is -0.322 e. The standard InChI is InChI=1S/C14H11F2NOS/c1-8-2-4-10(19)7-11(8)14(18)17-9-3-5-12(15)13(16)6-9/h2-7,19H,1H3,(H,17,18). The van der Waals surface area contributed by atoms with Crippen LogP contribution in [0.4, 0.5) is 14.5 Å². The highest BCUT2D eigenvalue weighted by molar-refractivity contribution is 7.80. The Kier molecular flexibility index (Phi) is 3.85. The minimum absolute atomic E-state index is 0.202. The van der Waals surface area contributed by atoms with Crippen molar-refractivity contribution in [2.75, 3.05) is 5.32 Å². The van der Waals surface area contributed by atoms with Gasteiger partial charge in [0.2, 0.25) is 0 Å². The zero-order valence-corrected chi connectivity index (χ0v) is 11.0. The number of amides is 1. The van der Waals surface area contributed by atoms with Crippen molar-refractivity contribution in [1.29, 1.82) is 0 Å². The summed E-state index contributed by atoms with van der Waals surface area (Å²) in [6, 6.07) is 8.36. The lowest BCUT2D eigenvalue weighted by molar-refractivity contribution is 0.102. The van der Waals surface area contributed by atoms with E-state index >= 15 is 0 Å². The van der Waals surface area contributed by atoms with Gasteiger partial charge in [0.25, 0.3) is 5.91 Å². The molecule has 2 nitrogen and oxygen atoms in total. The summed E-state index contributed by atoms with van der Waals surface area (Å²) in [5.74, 6) is -2.34. The molecule has 0 spiro atoms. The van der Waals surface area contributed by atoms with Crippen LogP contribution in [0.15, 0.2) is 41.3 Å². The largest absolute Gasteiger partial charge is 0.322 e. The summed E-state index contributed by atoms with van der Waals surface area (Å²) in [6.45, 7) is 1.79. The minimum atomic E-state index is -1.00. The van der Waals surface area contributed by atoms with Crippen LogP contribution >= 0.6 is 12.6 Å². The van der Waals surface area contributed by atoms with Crippen LogP contribution in [0.1, 0.15) is 15.9 Å². The second kappa shape index (κ2) is 5.40. The Bertz CT molecular complexity index is 643. The van der Waals surface area contributed by atoms with Gasteiger partial charge in [0.1, 0.15) is 0 Å². The smallest absolute Gasteiger partial charge is 0.255 e. The number of carbonyl (C=O) groups is 1. The monoisotopic (exact) mass is 279 g/mol. The molecule has 98 valence electrons. The van der Waals surface area contributed by atoms with Gasteiger partial charge < -0.3 is 5.32 Å². The fourth-order valence-corrected chi connectivity index (χ4v) is 1.83. The van der Waals surface area contributed by atoms with Gasteiger partial charge in [0, 0.05) is 22.2 Å². The molecule has 5 heteroatoms. The first-order valence-corrected chi connectivity index (χ1v) is 5.98. The van der Waals surface area contributed by atoms with Crippen molar-refractivity contribution in [2.24, 2.45) is 0 Å². The van der Waals surface area contributed by atoms with Gasteiger partial charge >= 0.3 is 0 Å². The van der Waals surface area contributed by atoms with Gasteiger partial charge in [-0.3, -0.25) is 4.79 Å². The molecule has 2 rings (SSSR count). The van der Waals surface area contributed by atoms with Crippen LogP contribution in [0, 0.1) is 18.6 Å². The predicted octanol–water partition coefficient (Wildman–Crippen LogP) is 3.81. The van der Waals surface area contributed by atoms with E-state index in [1.54, 1.807) is 25.1 Å². The molecule has 0 atom stereocenters. The molecule has 1 amide bonds. The summed E-state index contributed by atoms with van der Waals surface area (Å²) in [7, 11) is 0. The molecule has 0 saturated carbocycles. The number of hydrogen-bond acceptors (Lipinski definition) is 2. The summed E-state index contributed by atoms with van der Waals surface area (Å²) < 4.78 is 25.8. The van der Waals surface area contributed by atoms with Crippen molar-refractivity contribution < 1.29 is 13.6 Å². The molecule has 0 aliphatic rings. The maximum absolute atomic E-state index is 13.0. The van der Waals surface area contributed by atoms with Crippen LogP contribution in [0.5, 0.6) is 0 Å². The van der Waals surface area contributed by atoms with E-state index in [9.17, 15) is 13.6 Å². The molecule has 0 aliphatic carbocycles. The molecule has 0 aromatic heterocycles. The molecule has 1 N–H and O–H groups in total. The van der Waals surface area contributed by atoms with Gasteiger partial charge in [-0.25, -0.2) is 8.78 Å². The first kappa shape index (κ1) is 13.5. The Hall–Kier alpha value is -1.88. The zero-order chi connectivity index (χ0) is 14.0. The Balaban J connectivity index is 2.25. The van der Waals surface area contributed by atoms with E-state index in [-0.39, 0.29) is 11.6 Å². The lowest BCUT2D eigenvalue weighted by Crippen LogP contribution is -2.13. The Morgan fingerprint density at radius 1 is 1.11 bits per heavy atom. The lowest BCUT2D eigenvalue weighted by atomic mass is 10.1. The van der Waals surface area contributed by atoms with Gasteiger partial charge in [0.15, 0.2) is 11.6 Å². The SMILES string of the molecule is Cc1ccc(S)cc1C(=O)Nc1ccc(F)c(F)c1. The van der Waals surface area contributed by atoms with E-state index < -0.39 is 11.6 Å².